The molecule has 3 aromatic carbocycles. The number of benzene rings is 3. The minimum Gasteiger partial charge on any atom is -0.283 e. The number of amidine groups is 2. The lowest BCUT2D eigenvalue weighted by Crippen LogP contribution is -2.60. The van der Waals surface area contributed by atoms with Crippen LogP contribution >= 0.6 is 0 Å². The Labute approximate surface area is 230 Å². The maximum atomic E-state index is 5.19. The van der Waals surface area contributed by atoms with Crippen molar-refractivity contribution in [2.75, 3.05) is 0 Å². The monoisotopic (exact) mass is 515 g/mol. The van der Waals surface area contributed by atoms with E-state index in [0.29, 0.717) is 0 Å². The Morgan fingerprint density at radius 3 is 1.56 bits per heavy atom. The molecule has 4 aliphatic heterocycles. The highest BCUT2D eigenvalue weighted by Gasteiger charge is 2.53. The first-order valence-electron chi connectivity index (χ1n) is 14.4. The first-order valence-corrected chi connectivity index (χ1v) is 14.4. The molecule has 196 valence electrons. The van der Waals surface area contributed by atoms with E-state index in [4.69, 9.17) is 15.0 Å². The van der Waals surface area contributed by atoms with Gasteiger partial charge in [0.1, 0.15) is 11.3 Å². The lowest BCUT2D eigenvalue weighted by molar-refractivity contribution is -0.257. The van der Waals surface area contributed by atoms with E-state index in [0.717, 1.165) is 67.0 Å². The molecule has 6 nitrogen and oxygen atoms in total. The summed E-state index contributed by atoms with van der Waals surface area (Å²) in [6.45, 7) is 16.0. The van der Waals surface area contributed by atoms with Gasteiger partial charge in [-0.2, -0.15) is 0 Å². The van der Waals surface area contributed by atoms with Crippen LogP contribution in [0.15, 0.2) is 87.8 Å². The molecule has 0 N–H and O–H groups in total. The fraction of sp³-hybridized carbons (Fsp3) is 0.250. The number of fused-ring (bicyclic) bond motifs is 9. The van der Waals surface area contributed by atoms with Gasteiger partial charge in [-0.15, -0.1) is 0 Å². The van der Waals surface area contributed by atoms with Crippen LogP contribution < -0.4 is 11.0 Å². The molecule has 6 heterocycles. The Morgan fingerprint density at radius 2 is 0.974 bits per heavy atom. The molecule has 5 aromatic rings. The SMILES string of the molecule is CC.CC.CC.CC.c1ccc2c(c1)C1=Nc3c4ccccc4c4n3B3n5c(c6ccccc6c5=N4)=NC2=[N+]31. The van der Waals surface area contributed by atoms with Gasteiger partial charge < -0.3 is 0 Å². The minimum atomic E-state index is -0.0975. The van der Waals surface area contributed by atoms with E-state index in [1.54, 1.807) is 0 Å². The van der Waals surface area contributed by atoms with Crippen molar-refractivity contribution in [3.63, 3.8) is 0 Å². The van der Waals surface area contributed by atoms with Crippen LogP contribution in [-0.2, 0) is 0 Å². The molecule has 39 heavy (non-hydrogen) atoms. The summed E-state index contributed by atoms with van der Waals surface area (Å²) in [5.74, 6) is 3.88. The van der Waals surface area contributed by atoms with Crippen molar-refractivity contribution < 1.29 is 4.49 Å². The zero-order chi connectivity index (χ0) is 27.8. The summed E-state index contributed by atoms with van der Waals surface area (Å²) in [4.78, 5) is 15.6. The largest absolute Gasteiger partial charge is 0.612 e. The maximum Gasteiger partial charge on any atom is 0.612 e. The van der Waals surface area contributed by atoms with E-state index < -0.39 is 0 Å². The van der Waals surface area contributed by atoms with Crippen LogP contribution in [0.2, 0.25) is 0 Å². The summed E-state index contributed by atoms with van der Waals surface area (Å²) < 4.78 is 6.85. The van der Waals surface area contributed by atoms with E-state index >= 15 is 0 Å². The van der Waals surface area contributed by atoms with Crippen molar-refractivity contribution in [1.82, 2.24) is 8.96 Å². The maximum absolute atomic E-state index is 5.19. The molecule has 0 saturated heterocycles. The van der Waals surface area contributed by atoms with Crippen LogP contribution in [0.4, 0.5) is 11.6 Å². The van der Waals surface area contributed by atoms with Crippen LogP contribution in [0.3, 0.4) is 0 Å². The van der Waals surface area contributed by atoms with Gasteiger partial charge in [0.15, 0.2) is 0 Å². The normalized spacial score (nSPS) is 13.5. The zero-order valence-electron chi connectivity index (χ0n) is 24.2. The third kappa shape index (κ3) is 3.35. The summed E-state index contributed by atoms with van der Waals surface area (Å²) in [5.41, 5.74) is 4.22. The van der Waals surface area contributed by atoms with E-state index in [1.165, 1.54) is 0 Å². The Bertz CT molecular complexity index is 1900. The van der Waals surface area contributed by atoms with Crippen LogP contribution in [0, 0.1) is 0 Å². The predicted octanol–water partition coefficient (Wildman–Crippen LogP) is 6.84. The molecule has 0 atom stereocenters. The second-order valence-electron chi connectivity index (χ2n) is 8.37. The molecular formula is C32H36BN6+. The van der Waals surface area contributed by atoms with E-state index in [-0.39, 0.29) is 7.12 Å². The van der Waals surface area contributed by atoms with Gasteiger partial charge in [0.05, 0.1) is 11.1 Å². The number of rotatable bonds is 0. The van der Waals surface area contributed by atoms with Crippen LogP contribution in [-0.4, -0.2) is 32.2 Å². The Morgan fingerprint density at radius 1 is 0.513 bits per heavy atom. The van der Waals surface area contributed by atoms with Crippen molar-refractivity contribution in [2.45, 2.75) is 55.4 Å². The summed E-state index contributed by atoms with van der Waals surface area (Å²) in [7, 11) is -0.0975. The topological polar surface area (TPSA) is 49.9 Å². The fourth-order valence-electron chi connectivity index (χ4n) is 5.69. The smallest absolute Gasteiger partial charge is 0.283 e. The third-order valence-corrected chi connectivity index (χ3v) is 6.92. The average Bonchev–Trinajstić information content (AvgIpc) is 3.66. The molecular weight excluding hydrogens is 479 g/mol. The number of nitrogens with zero attached hydrogens (tertiary/aromatic N) is 6. The van der Waals surface area contributed by atoms with Crippen molar-refractivity contribution in [1.29, 1.82) is 0 Å². The van der Waals surface area contributed by atoms with Crippen molar-refractivity contribution >= 4 is 52.0 Å². The van der Waals surface area contributed by atoms with Crippen molar-refractivity contribution in [2.24, 2.45) is 15.0 Å². The van der Waals surface area contributed by atoms with Gasteiger partial charge >= 0.3 is 7.12 Å². The molecule has 0 bridgehead atoms. The molecule has 0 fully saturated rings. The Kier molecular flexibility index (Phi) is 7.09. The van der Waals surface area contributed by atoms with Gasteiger partial charge in [0, 0.05) is 21.5 Å². The number of aromatic nitrogens is 2. The second kappa shape index (κ2) is 10.5. The van der Waals surface area contributed by atoms with Crippen molar-refractivity contribution in [3.8, 4) is 0 Å². The Hall–Kier alpha value is -4.26. The first kappa shape index (κ1) is 26.4. The molecule has 0 unspecified atom stereocenters. The van der Waals surface area contributed by atoms with Gasteiger partial charge in [-0.3, -0.25) is 8.96 Å². The number of hydrogen-bond acceptors (Lipinski definition) is 3. The quantitative estimate of drug-likeness (QED) is 0.203. The van der Waals surface area contributed by atoms with Crippen LogP contribution in [0.1, 0.15) is 66.5 Å². The molecule has 4 aliphatic rings. The molecule has 9 rings (SSSR count). The zero-order valence-corrected chi connectivity index (χ0v) is 24.2. The first-order chi connectivity index (χ1) is 19.4. The number of hydrogen-bond donors (Lipinski definition) is 0. The van der Waals surface area contributed by atoms with E-state index in [1.807, 2.05) is 55.4 Å². The summed E-state index contributed by atoms with van der Waals surface area (Å²) in [6.07, 6.45) is 0. The highest BCUT2D eigenvalue weighted by molar-refractivity contribution is 6.55. The molecule has 0 aliphatic carbocycles. The molecule has 7 heteroatoms. The summed E-state index contributed by atoms with van der Waals surface area (Å²) >= 11 is 0. The standard InChI is InChI=1S/C24H12BN6.4C2H6/c1-2-8-14-13(7-1)19-26-21-15-9-3-4-10-16(15)23-28-24-18-12-6-5-11-17(18)22-27-20(14)29(19)25(30(21)23)31(22)24;4*1-2/h1-12H;4*1-2H3/q+1;;;;. The minimum absolute atomic E-state index is 0.0975. The second-order valence-corrected chi connectivity index (χ2v) is 8.37. The van der Waals surface area contributed by atoms with Gasteiger partial charge in [-0.25, -0.2) is 9.48 Å². The van der Waals surface area contributed by atoms with E-state index in [9.17, 15) is 0 Å². The molecule has 2 aromatic heterocycles. The Balaban J connectivity index is 0.000000357. The predicted molar refractivity (Wildman–Crippen MR) is 165 cm³/mol. The molecule has 0 saturated carbocycles. The molecule has 0 amide bonds. The number of aliphatic imine (C=N–C) groups is 1. The van der Waals surface area contributed by atoms with Gasteiger partial charge in [-0.1, -0.05) is 114 Å². The fourth-order valence-corrected chi connectivity index (χ4v) is 5.69. The highest BCUT2D eigenvalue weighted by Crippen LogP contribution is 2.43. The lowest BCUT2D eigenvalue weighted by Gasteiger charge is -2.25. The lowest BCUT2D eigenvalue weighted by atomic mass is 9.87. The van der Waals surface area contributed by atoms with Gasteiger partial charge in [-0.05, 0) is 24.3 Å². The van der Waals surface area contributed by atoms with Gasteiger partial charge in [0.25, 0.3) is 11.7 Å². The summed E-state index contributed by atoms with van der Waals surface area (Å²) in [5, 5.41) is 4.55. The third-order valence-electron chi connectivity index (χ3n) is 6.92. The average molecular weight is 515 g/mol. The molecule has 0 radical (unpaired) electrons. The van der Waals surface area contributed by atoms with Crippen molar-refractivity contribution in [3.05, 3.63) is 94.9 Å². The molecule has 0 spiro atoms. The van der Waals surface area contributed by atoms with Gasteiger partial charge in [0.2, 0.25) is 11.3 Å². The van der Waals surface area contributed by atoms with Crippen LogP contribution in [0.5, 0.6) is 0 Å². The summed E-state index contributed by atoms with van der Waals surface area (Å²) in [6, 6.07) is 25.4. The van der Waals surface area contributed by atoms with Crippen LogP contribution in [0.25, 0.3) is 21.5 Å². The van der Waals surface area contributed by atoms with E-state index in [2.05, 4.69) is 86.2 Å². The highest BCUT2D eigenvalue weighted by atomic mass is 15.4.